The first-order valence-electron chi connectivity index (χ1n) is 4.91. The number of benzene rings is 1. The van der Waals surface area contributed by atoms with Gasteiger partial charge in [-0.3, -0.25) is 0 Å². The van der Waals surface area contributed by atoms with Crippen molar-refractivity contribution in [2.75, 3.05) is 0 Å². The van der Waals surface area contributed by atoms with Crippen molar-refractivity contribution in [1.82, 2.24) is 0 Å². The molecule has 1 aliphatic rings. The molecule has 1 aromatic rings. The Balaban J connectivity index is 2.17. The number of aromatic hydroxyl groups is 1. The number of rotatable bonds is 3. The molecule has 0 unspecified atom stereocenters. The van der Waals surface area contributed by atoms with Crippen LogP contribution in [0.5, 0.6) is 5.75 Å². The van der Waals surface area contributed by atoms with Gasteiger partial charge < -0.3 is 15.9 Å². The van der Waals surface area contributed by atoms with E-state index in [9.17, 15) is 10.2 Å². The number of hydrogen-bond acceptors (Lipinski definition) is 3. The Bertz CT molecular complexity index is 323. The van der Waals surface area contributed by atoms with Crippen LogP contribution in [0, 0.1) is 5.92 Å². The van der Waals surface area contributed by atoms with E-state index in [-0.39, 0.29) is 5.75 Å². The highest BCUT2D eigenvalue weighted by Gasteiger charge is 2.34. The van der Waals surface area contributed by atoms with Gasteiger partial charge in [0.15, 0.2) is 0 Å². The van der Waals surface area contributed by atoms with Gasteiger partial charge in [0.2, 0.25) is 0 Å². The third-order valence-corrected chi connectivity index (χ3v) is 2.77. The molecule has 2 rings (SSSR count). The van der Waals surface area contributed by atoms with E-state index in [1.807, 2.05) is 6.07 Å². The molecule has 1 saturated carbocycles. The average molecular weight is 193 g/mol. The van der Waals surface area contributed by atoms with Crippen molar-refractivity contribution >= 4 is 0 Å². The summed E-state index contributed by atoms with van der Waals surface area (Å²) in [4.78, 5) is 0. The molecule has 0 spiro atoms. The van der Waals surface area contributed by atoms with Crippen LogP contribution < -0.4 is 5.73 Å². The minimum Gasteiger partial charge on any atom is -0.508 e. The zero-order valence-electron chi connectivity index (χ0n) is 7.93. The van der Waals surface area contributed by atoms with Gasteiger partial charge in [0.1, 0.15) is 5.75 Å². The zero-order chi connectivity index (χ0) is 10.1. The summed E-state index contributed by atoms with van der Waals surface area (Å²) < 4.78 is 0. The lowest BCUT2D eigenvalue weighted by atomic mass is 9.98. The van der Waals surface area contributed by atoms with Crippen molar-refractivity contribution in [3.05, 3.63) is 29.8 Å². The fraction of sp³-hybridized carbons (Fsp3) is 0.455. The van der Waals surface area contributed by atoms with Crippen LogP contribution >= 0.6 is 0 Å². The number of phenolic OH excluding ortho intramolecular Hbond substituents is 1. The molecule has 0 heterocycles. The minimum atomic E-state index is -0.525. The first-order chi connectivity index (χ1) is 6.70. The van der Waals surface area contributed by atoms with Crippen molar-refractivity contribution < 1.29 is 10.2 Å². The summed E-state index contributed by atoms with van der Waals surface area (Å²) in [5.74, 6) is 0.490. The van der Waals surface area contributed by atoms with Gasteiger partial charge in [0.25, 0.3) is 0 Å². The van der Waals surface area contributed by atoms with E-state index < -0.39 is 12.1 Å². The third-order valence-electron chi connectivity index (χ3n) is 2.77. The number of para-hydroxylation sites is 1. The molecule has 0 radical (unpaired) electrons. The van der Waals surface area contributed by atoms with E-state index in [0.717, 1.165) is 12.8 Å². The van der Waals surface area contributed by atoms with E-state index in [0.29, 0.717) is 11.5 Å². The average Bonchev–Trinajstić information content (AvgIpc) is 3.00. The molecule has 1 aromatic carbocycles. The van der Waals surface area contributed by atoms with Crippen LogP contribution in [0.1, 0.15) is 24.4 Å². The predicted octanol–water partition coefficient (Wildman–Crippen LogP) is 1.16. The lowest BCUT2D eigenvalue weighted by Crippen LogP contribution is -2.27. The largest absolute Gasteiger partial charge is 0.508 e. The summed E-state index contributed by atoms with van der Waals surface area (Å²) in [5.41, 5.74) is 6.50. The van der Waals surface area contributed by atoms with E-state index >= 15 is 0 Å². The van der Waals surface area contributed by atoms with Crippen LogP contribution in [0.3, 0.4) is 0 Å². The predicted molar refractivity (Wildman–Crippen MR) is 53.8 cm³/mol. The summed E-state index contributed by atoms with van der Waals surface area (Å²) in [6.45, 7) is 0. The van der Waals surface area contributed by atoms with Crippen molar-refractivity contribution in [1.29, 1.82) is 0 Å². The maximum atomic E-state index is 9.80. The molecule has 4 N–H and O–H groups in total. The van der Waals surface area contributed by atoms with Crippen molar-refractivity contribution in [3.8, 4) is 5.75 Å². The van der Waals surface area contributed by atoms with Crippen molar-refractivity contribution in [2.45, 2.75) is 25.0 Å². The van der Waals surface area contributed by atoms with Gasteiger partial charge in [-0.2, -0.15) is 0 Å². The van der Waals surface area contributed by atoms with Crippen LogP contribution in [0.15, 0.2) is 24.3 Å². The molecule has 1 fully saturated rings. The maximum Gasteiger partial charge on any atom is 0.120 e. The molecule has 0 aliphatic heterocycles. The molecule has 0 amide bonds. The summed E-state index contributed by atoms with van der Waals surface area (Å²) in [5, 5.41) is 19.3. The smallest absolute Gasteiger partial charge is 0.120 e. The molecule has 0 saturated heterocycles. The van der Waals surface area contributed by atoms with E-state index in [1.165, 1.54) is 0 Å². The summed E-state index contributed by atoms with van der Waals surface area (Å²) >= 11 is 0. The highest BCUT2D eigenvalue weighted by atomic mass is 16.3. The lowest BCUT2D eigenvalue weighted by molar-refractivity contribution is 0.121. The number of phenols is 1. The number of nitrogens with two attached hydrogens (primary N) is 1. The van der Waals surface area contributed by atoms with Crippen LogP contribution in [0.4, 0.5) is 0 Å². The molecule has 2 atom stereocenters. The zero-order valence-corrected chi connectivity index (χ0v) is 7.93. The lowest BCUT2D eigenvalue weighted by Gasteiger charge is -2.19. The second-order valence-electron chi connectivity index (χ2n) is 3.91. The Morgan fingerprint density at radius 2 is 1.93 bits per heavy atom. The van der Waals surface area contributed by atoms with Gasteiger partial charge in [-0.25, -0.2) is 0 Å². The van der Waals surface area contributed by atoms with Gasteiger partial charge in [-0.15, -0.1) is 0 Å². The number of aliphatic hydroxyl groups is 1. The van der Waals surface area contributed by atoms with Gasteiger partial charge in [0.05, 0.1) is 12.1 Å². The van der Waals surface area contributed by atoms with E-state index in [4.69, 9.17) is 5.73 Å². The van der Waals surface area contributed by atoms with Crippen molar-refractivity contribution in [2.24, 2.45) is 11.7 Å². The Kier molecular flexibility index (Phi) is 2.44. The van der Waals surface area contributed by atoms with E-state index in [1.54, 1.807) is 18.2 Å². The summed E-state index contributed by atoms with van der Waals surface area (Å²) in [7, 11) is 0. The topological polar surface area (TPSA) is 66.5 Å². The molecule has 76 valence electrons. The van der Waals surface area contributed by atoms with Crippen LogP contribution in [0.25, 0.3) is 0 Å². The van der Waals surface area contributed by atoms with Crippen molar-refractivity contribution in [3.63, 3.8) is 0 Å². The highest BCUT2D eigenvalue weighted by molar-refractivity contribution is 5.35. The fourth-order valence-corrected chi connectivity index (χ4v) is 1.68. The first-order valence-corrected chi connectivity index (χ1v) is 4.91. The number of aliphatic hydroxyl groups excluding tert-OH is 1. The fourth-order valence-electron chi connectivity index (χ4n) is 1.68. The van der Waals surface area contributed by atoms with Crippen LogP contribution in [0.2, 0.25) is 0 Å². The summed E-state index contributed by atoms with van der Waals surface area (Å²) in [6.07, 6.45) is 1.56. The second-order valence-corrected chi connectivity index (χ2v) is 3.91. The normalized spacial score (nSPS) is 20.4. The number of hydrogen-bond donors (Lipinski definition) is 3. The standard InChI is InChI=1S/C11H15NO2/c12-10(11(14)7-5-6-7)8-3-1-2-4-9(8)13/h1-4,7,10-11,13-14H,5-6,12H2/t10-,11+/m0/s1. The van der Waals surface area contributed by atoms with Gasteiger partial charge in [0, 0.05) is 5.56 Å². The second kappa shape index (κ2) is 3.59. The Labute approximate surface area is 83.2 Å². The molecular formula is C11H15NO2. The molecular weight excluding hydrogens is 178 g/mol. The third kappa shape index (κ3) is 1.74. The molecule has 3 heteroatoms. The van der Waals surface area contributed by atoms with Gasteiger partial charge in [-0.1, -0.05) is 18.2 Å². The highest BCUT2D eigenvalue weighted by Crippen LogP contribution is 2.38. The Morgan fingerprint density at radius 3 is 2.50 bits per heavy atom. The molecule has 14 heavy (non-hydrogen) atoms. The Morgan fingerprint density at radius 1 is 1.29 bits per heavy atom. The monoisotopic (exact) mass is 193 g/mol. The van der Waals surface area contributed by atoms with Gasteiger partial charge >= 0.3 is 0 Å². The SMILES string of the molecule is N[C@@H](c1ccccc1O)[C@H](O)C1CC1. The van der Waals surface area contributed by atoms with Crippen LogP contribution in [-0.2, 0) is 0 Å². The maximum absolute atomic E-state index is 9.80. The molecule has 0 aromatic heterocycles. The minimum absolute atomic E-state index is 0.166. The quantitative estimate of drug-likeness (QED) is 0.675. The first kappa shape index (κ1) is 9.49. The molecule has 0 bridgehead atoms. The molecule has 1 aliphatic carbocycles. The van der Waals surface area contributed by atoms with Crippen LogP contribution in [-0.4, -0.2) is 16.3 Å². The summed E-state index contributed by atoms with van der Waals surface area (Å²) in [6, 6.07) is 6.44. The molecule has 3 nitrogen and oxygen atoms in total. The van der Waals surface area contributed by atoms with Gasteiger partial charge in [-0.05, 0) is 24.8 Å². The van der Waals surface area contributed by atoms with E-state index in [2.05, 4.69) is 0 Å². The Hall–Kier alpha value is -1.06.